The molecule has 0 fully saturated rings. The molecule has 0 atom stereocenters. The van der Waals surface area contributed by atoms with Crippen LogP contribution in [0.1, 0.15) is 0 Å². The van der Waals surface area contributed by atoms with E-state index in [0.29, 0.717) is 70.6 Å². The van der Waals surface area contributed by atoms with Crippen LogP contribution in [0.25, 0.3) is 89.7 Å². The van der Waals surface area contributed by atoms with E-state index in [4.69, 9.17) is 42.7 Å². The summed E-state index contributed by atoms with van der Waals surface area (Å²) in [5.74, 6) is 2.21. The van der Waals surface area contributed by atoms with Gasteiger partial charge in [0.1, 0.15) is 0 Å². The van der Waals surface area contributed by atoms with Crippen LogP contribution in [0.5, 0.6) is 0 Å². The van der Waals surface area contributed by atoms with Gasteiger partial charge in [0.2, 0.25) is 0 Å². The standard InChI is InChI=1S/C32H16N8.O.Zr/c1-2-10-18-17(9-1)25-33-26(18)38-28-21-13-5-6-14-22(21)30(35-28)40-32-24-16-8-7-15-23(24)31(36-32)39-29-20-12-4-3-11-19(20)27(34-29)37-25;;/h1-16H;;/q-2;;+2. The number of nitrogens with zero attached hydrogens (tertiary/aromatic N) is 8. The van der Waals surface area contributed by atoms with Crippen molar-refractivity contribution in [1.29, 1.82) is 0 Å². The van der Waals surface area contributed by atoms with E-state index < -0.39 is 0 Å². The molecule has 2 aliphatic rings. The van der Waals surface area contributed by atoms with Gasteiger partial charge < -0.3 is 29.9 Å². The van der Waals surface area contributed by atoms with Gasteiger partial charge in [0.15, 0.2) is 0 Å². The minimum atomic E-state index is 0.300. The molecule has 3 aromatic heterocycles. The van der Waals surface area contributed by atoms with E-state index in [1.807, 2.05) is 97.1 Å². The van der Waals surface area contributed by atoms with Crippen LogP contribution in [0.4, 0.5) is 0 Å². The van der Waals surface area contributed by atoms with E-state index in [-0.39, 0.29) is 0 Å². The number of aromatic nitrogens is 8. The molecule has 7 aromatic rings. The van der Waals surface area contributed by atoms with Crippen molar-refractivity contribution in [3.8, 4) is 45.6 Å². The van der Waals surface area contributed by atoms with Crippen LogP contribution in [-0.2, 0) is 27.5 Å². The Morgan fingerprint density at radius 1 is 0.357 bits per heavy atom. The predicted octanol–water partition coefficient (Wildman–Crippen LogP) is 6.01. The van der Waals surface area contributed by atoms with Gasteiger partial charge in [0, 0.05) is 44.8 Å². The second kappa shape index (κ2) is 9.78. The Kier molecular flexibility index (Phi) is 5.75. The molecule has 9 rings (SSSR count). The summed E-state index contributed by atoms with van der Waals surface area (Å²) in [6, 6.07) is 31.8. The molecule has 0 N–H and O–H groups in total. The van der Waals surface area contributed by atoms with Gasteiger partial charge >= 0.3 is 27.5 Å². The molecule has 0 spiro atoms. The van der Waals surface area contributed by atoms with Crippen molar-refractivity contribution >= 4 is 44.1 Å². The normalized spacial score (nSPS) is 11.6. The topological polar surface area (TPSA) is 123 Å². The molecule has 0 saturated carbocycles. The molecule has 194 valence electrons. The van der Waals surface area contributed by atoms with Crippen molar-refractivity contribution < 1.29 is 27.5 Å². The molecule has 8 bridgehead atoms. The molecule has 42 heavy (non-hydrogen) atoms. The summed E-state index contributed by atoms with van der Waals surface area (Å²) in [5, 5.41) is 3.57. The fourth-order valence-corrected chi connectivity index (χ4v) is 5.46. The molecule has 0 amide bonds. The fourth-order valence-electron chi connectivity index (χ4n) is 5.46. The van der Waals surface area contributed by atoms with Crippen LogP contribution >= 0.6 is 0 Å². The Labute approximate surface area is 253 Å². The molecule has 0 radical (unpaired) electrons. The zero-order valence-electron chi connectivity index (χ0n) is 21.7. The third kappa shape index (κ3) is 3.79. The number of hydrogen-bond acceptors (Lipinski definition) is 7. The van der Waals surface area contributed by atoms with E-state index >= 15 is 0 Å². The van der Waals surface area contributed by atoms with Gasteiger partial charge in [-0.25, -0.2) is 9.97 Å². The van der Waals surface area contributed by atoms with Crippen molar-refractivity contribution in [3.05, 3.63) is 97.1 Å². The third-order valence-electron chi connectivity index (χ3n) is 7.33. The van der Waals surface area contributed by atoms with Crippen molar-refractivity contribution in [2.45, 2.75) is 0 Å². The molecular weight excluding hydrogens is 604 g/mol. The second-order valence-electron chi connectivity index (χ2n) is 9.67. The van der Waals surface area contributed by atoms with Crippen LogP contribution in [0.2, 0.25) is 0 Å². The fraction of sp³-hybridized carbons (Fsp3) is 0. The van der Waals surface area contributed by atoms with Gasteiger partial charge in [-0.15, -0.1) is 0 Å². The average Bonchev–Trinajstić information content (AvgIpc) is 3.78. The zero-order valence-corrected chi connectivity index (χ0v) is 24.2. The Balaban J connectivity index is 0.00000131. The van der Waals surface area contributed by atoms with Crippen LogP contribution in [0.3, 0.4) is 0 Å². The Morgan fingerprint density at radius 2 is 0.595 bits per heavy atom. The van der Waals surface area contributed by atoms with Gasteiger partial charge in [-0.3, -0.25) is 0 Å². The average molecular weight is 620 g/mol. The molecule has 4 aromatic carbocycles. The largest absolute Gasteiger partial charge is 0.357 e. The van der Waals surface area contributed by atoms with Crippen LogP contribution in [0.15, 0.2) is 97.1 Å². The van der Waals surface area contributed by atoms with E-state index in [0.717, 1.165) is 43.8 Å². The first-order valence-corrected chi connectivity index (χ1v) is 14.1. The summed E-state index contributed by atoms with van der Waals surface area (Å²) < 4.78 is 8.34. The van der Waals surface area contributed by atoms with E-state index in [9.17, 15) is 0 Å². The first-order valence-electron chi connectivity index (χ1n) is 13.1. The molecule has 0 saturated heterocycles. The maximum absolute atomic E-state index is 8.34. The maximum Gasteiger partial charge on any atom is 0.0927 e. The van der Waals surface area contributed by atoms with E-state index in [2.05, 4.69) is 0 Å². The first kappa shape index (κ1) is 24.7. The summed E-state index contributed by atoms with van der Waals surface area (Å²) in [6.45, 7) is 0. The molecule has 0 unspecified atom stereocenters. The smallest absolute Gasteiger partial charge is 0.0927 e. The number of fused-ring (bicyclic) bond motifs is 20. The minimum absolute atomic E-state index is 0.300. The third-order valence-corrected chi connectivity index (χ3v) is 7.33. The summed E-state index contributed by atoms with van der Waals surface area (Å²) in [5.41, 5.74) is 5.78. The Hall–Kier alpha value is -5.08. The van der Waals surface area contributed by atoms with Crippen LogP contribution in [-0.4, -0.2) is 29.9 Å². The molecule has 10 heteroatoms. The first-order chi connectivity index (χ1) is 20.8. The van der Waals surface area contributed by atoms with Crippen molar-refractivity contribution in [2.24, 2.45) is 0 Å². The van der Waals surface area contributed by atoms with Crippen molar-refractivity contribution in [1.82, 2.24) is 39.9 Å². The zero-order chi connectivity index (χ0) is 28.2. The predicted molar refractivity (Wildman–Crippen MR) is 155 cm³/mol. The number of benzene rings is 4. The molecule has 5 heterocycles. The van der Waals surface area contributed by atoms with Gasteiger partial charge in [-0.2, -0.15) is 0 Å². The summed E-state index contributed by atoms with van der Waals surface area (Å²) in [6.07, 6.45) is 0. The second-order valence-corrected chi connectivity index (χ2v) is 9.67. The quantitative estimate of drug-likeness (QED) is 0.201. The molecule has 2 aliphatic heterocycles. The van der Waals surface area contributed by atoms with Crippen LogP contribution < -0.4 is 9.97 Å². The summed E-state index contributed by atoms with van der Waals surface area (Å²) >= 11 is 0.300. The summed E-state index contributed by atoms with van der Waals surface area (Å²) in [7, 11) is 0. The van der Waals surface area contributed by atoms with Crippen molar-refractivity contribution in [2.75, 3.05) is 0 Å². The summed E-state index contributed by atoms with van der Waals surface area (Å²) in [4.78, 5) is 39.3. The molecular formula is C32H16N8OZr. The molecule has 9 nitrogen and oxygen atoms in total. The van der Waals surface area contributed by atoms with Crippen molar-refractivity contribution in [3.63, 3.8) is 0 Å². The van der Waals surface area contributed by atoms with Crippen LogP contribution in [0, 0.1) is 0 Å². The van der Waals surface area contributed by atoms with Gasteiger partial charge in [-0.1, -0.05) is 97.1 Å². The van der Waals surface area contributed by atoms with E-state index in [1.54, 1.807) is 0 Å². The SMILES string of the molecule is [O]=[Zr+2].c1ccc2c(c1)-c1nc-2nc2[n-]c(nc3nc(nc4[n-]c(n1)c1ccccc41)-c1ccccc1-3)c1ccccc21. The minimum Gasteiger partial charge on any atom is -0.357 e. The van der Waals surface area contributed by atoms with Gasteiger partial charge in [0.25, 0.3) is 0 Å². The maximum atomic E-state index is 8.34. The van der Waals surface area contributed by atoms with E-state index in [1.165, 1.54) is 0 Å². The number of hydrogen-bond donors (Lipinski definition) is 0. The Morgan fingerprint density at radius 3 is 0.857 bits per heavy atom. The van der Waals surface area contributed by atoms with Gasteiger partial charge in [-0.05, 0) is 21.5 Å². The van der Waals surface area contributed by atoms with Gasteiger partial charge in [0.05, 0.1) is 23.3 Å². The monoisotopic (exact) mass is 618 g/mol. The molecule has 0 aliphatic carbocycles. The Bertz CT molecular complexity index is 2060. The number of rotatable bonds is 0.